The van der Waals surface area contributed by atoms with Crippen molar-refractivity contribution < 1.29 is 4.74 Å². The fourth-order valence-electron chi connectivity index (χ4n) is 3.22. The van der Waals surface area contributed by atoms with Gasteiger partial charge in [-0.15, -0.1) is 0 Å². The predicted molar refractivity (Wildman–Crippen MR) is 84.9 cm³/mol. The second-order valence-corrected chi connectivity index (χ2v) is 5.84. The summed E-state index contributed by atoms with van der Waals surface area (Å²) in [5, 5.41) is 3.72. The Kier molecular flexibility index (Phi) is 5.66. The molecule has 1 N–H and O–H groups in total. The molecule has 3 atom stereocenters. The average molecular weight is 273 g/mol. The van der Waals surface area contributed by atoms with Gasteiger partial charge < -0.3 is 10.1 Å². The van der Waals surface area contributed by atoms with Crippen molar-refractivity contribution >= 4 is 0 Å². The third kappa shape index (κ3) is 3.86. The maximum absolute atomic E-state index is 5.50. The first-order chi connectivity index (χ1) is 9.74. The Hall–Kier alpha value is -1.28. The molecule has 110 valence electrons. The Labute approximate surface area is 123 Å². The van der Waals surface area contributed by atoms with Crippen LogP contribution in [0.3, 0.4) is 0 Å². The first-order valence-electron chi connectivity index (χ1n) is 7.80. The van der Waals surface area contributed by atoms with Crippen LogP contribution in [0.5, 0.6) is 5.75 Å². The SMILES string of the molecule is C=CCOc1ccc(CNC2CCC(CC)C2C)cc1. The van der Waals surface area contributed by atoms with E-state index in [2.05, 4.69) is 37.9 Å². The van der Waals surface area contributed by atoms with Gasteiger partial charge in [-0.3, -0.25) is 0 Å². The molecule has 3 unspecified atom stereocenters. The van der Waals surface area contributed by atoms with E-state index >= 15 is 0 Å². The first kappa shape index (κ1) is 15.1. The zero-order valence-corrected chi connectivity index (χ0v) is 12.8. The van der Waals surface area contributed by atoms with E-state index in [0.717, 1.165) is 24.1 Å². The summed E-state index contributed by atoms with van der Waals surface area (Å²) >= 11 is 0. The molecule has 2 nitrogen and oxygen atoms in total. The fraction of sp³-hybridized carbons (Fsp3) is 0.556. The van der Waals surface area contributed by atoms with Crippen LogP contribution in [-0.4, -0.2) is 12.6 Å². The molecule has 2 heteroatoms. The molecule has 0 amide bonds. The van der Waals surface area contributed by atoms with E-state index in [1.165, 1.54) is 24.8 Å². The van der Waals surface area contributed by atoms with E-state index < -0.39 is 0 Å². The van der Waals surface area contributed by atoms with Crippen LogP contribution in [0.1, 0.15) is 38.7 Å². The Morgan fingerprint density at radius 3 is 2.65 bits per heavy atom. The van der Waals surface area contributed by atoms with E-state index in [9.17, 15) is 0 Å². The highest BCUT2D eigenvalue weighted by Gasteiger charge is 2.30. The summed E-state index contributed by atoms with van der Waals surface area (Å²) in [6.45, 7) is 9.87. The summed E-state index contributed by atoms with van der Waals surface area (Å²) in [5.74, 6) is 2.62. The average Bonchev–Trinajstić information content (AvgIpc) is 2.84. The zero-order valence-electron chi connectivity index (χ0n) is 12.8. The maximum atomic E-state index is 5.50. The van der Waals surface area contributed by atoms with E-state index in [0.29, 0.717) is 12.6 Å². The number of benzene rings is 1. The molecule has 0 aliphatic heterocycles. The van der Waals surface area contributed by atoms with Crippen LogP contribution in [0.2, 0.25) is 0 Å². The van der Waals surface area contributed by atoms with Gasteiger partial charge in [-0.1, -0.05) is 45.1 Å². The highest BCUT2D eigenvalue weighted by Crippen LogP contribution is 2.33. The highest BCUT2D eigenvalue weighted by molar-refractivity contribution is 5.27. The van der Waals surface area contributed by atoms with Crippen LogP contribution in [0.4, 0.5) is 0 Å². The van der Waals surface area contributed by atoms with Gasteiger partial charge in [0.15, 0.2) is 0 Å². The fourth-order valence-corrected chi connectivity index (χ4v) is 3.22. The second kappa shape index (κ2) is 7.49. The molecule has 2 rings (SSSR count). The lowest BCUT2D eigenvalue weighted by molar-refractivity contribution is 0.344. The summed E-state index contributed by atoms with van der Waals surface area (Å²) in [6, 6.07) is 9.03. The molecule has 0 spiro atoms. The zero-order chi connectivity index (χ0) is 14.4. The van der Waals surface area contributed by atoms with Gasteiger partial charge in [-0.2, -0.15) is 0 Å². The van der Waals surface area contributed by atoms with Crippen molar-refractivity contribution in [2.24, 2.45) is 11.8 Å². The lowest BCUT2D eigenvalue weighted by atomic mass is 9.93. The molecule has 1 aliphatic carbocycles. The number of hydrogen-bond donors (Lipinski definition) is 1. The van der Waals surface area contributed by atoms with Crippen LogP contribution >= 0.6 is 0 Å². The summed E-state index contributed by atoms with van der Waals surface area (Å²) < 4.78 is 5.50. The predicted octanol–water partition coefficient (Wildman–Crippen LogP) is 4.17. The summed E-state index contributed by atoms with van der Waals surface area (Å²) in [5.41, 5.74) is 1.32. The van der Waals surface area contributed by atoms with Gasteiger partial charge in [0.05, 0.1) is 0 Å². The van der Waals surface area contributed by atoms with Gasteiger partial charge in [0.25, 0.3) is 0 Å². The smallest absolute Gasteiger partial charge is 0.119 e. The number of nitrogens with one attached hydrogen (secondary N) is 1. The third-order valence-corrected chi connectivity index (χ3v) is 4.61. The molecule has 20 heavy (non-hydrogen) atoms. The standard InChI is InChI=1S/C18H27NO/c1-4-12-20-17-9-6-15(7-10-17)13-19-18-11-8-16(5-2)14(18)3/h4,6-7,9-10,14,16,18-19H,1,5,8,11-13H2,2-3H3. The molecule has 0 saturated heterocycles. The lowest BCUT2D eigenvalue weighted by Crippen LogP contribution is -2.32. The molecule has 1 aromatic carbocycles. The van der Waals surface area contributed by atoms with Gasteiger partial charge in [0.2, 0.25) is 0 Å². The normalized spacial score (nSPS) is 25.6. The van der Waals surface area contributed by atoms with Gasteiger partial charge in [-0.25, -0.2) is 0 Å². The topological polar surface area (TPSA) is 21.3 Å². The lowest BCUT2D eigenvalue weighted by Gasteiger charge is -2.21. The molecule has 0 heterocycles. The molecule has 1 fully saturated rings. The Bertz CT molecular complexity index is 412. The molecule has 0 aromatic heterocycles. The monoisotopic (exact) mass is 273 g/mol. The van der Waals surface area contributed by atoms with Crippen molar-refractivity contribution in [3.63, 3.8) is 0 Å². The number of ether oxygens (including phenoxy) is 1. The summed E-state index contributed by atoms with van der Waals surface area (Å²) in [7, 11) is 0. The van der Waals surface area contributed by atoms with Crippen molar-refractivity contribution in [2.45, 2.75) is 45.7 Å². The minimum atomic E-state index is 0.565. The van der Waals surface area contributed by atoms with E-state index in [4.69, 9.17) is 4.74 Å². The summed E-state index contributed by atoms with van der Waals surface area (Å²) in [6.07, 6.45) is 5.78. The van der Waals surface area contributed by atoms with E-state index in [1.54, 1.807) is 6.08 Å². The quantitative estimate of drug-likeness (QED) is 0.753. The third-order valence-electron chi connectivity index (χ3n) is 4.61. The molecular weight excluding hydrogens is 246 g/mol. The second-order valence-electron chi connectivity index (χ2n) is 5.84. The van der Waals surface area contributed by atoms with Gasteiger partial charge >= 0.3 is 0 Å². The highest BCUT2D eigenvalue weighted by atomic mass is 16.5. The van der Waals surface area contributed by atoms with Crippen LogP contribution in [-0.2, 0) is 6.54 Å². The van der Waals surface area contributed by atoms with Crippen molar-refractivity contribution in [1.82, 2.24) is 5.32 Å². The largest absolute Gasteiger partial charge is 0.490 e. The van der Waals surface area contributed by atoms with Gasteiger partial charge in [-0.05, 0) is 42.4 Å². The Morgan fingerprint density at radius 1 is 1.30 bits per heavy atom. The first-order valence-corrected chi connectivity index (χ1v) is 7.80. The van der Waals surface area contributed by atoms with Gasteiger partial charge in [0, 0.05) is 12.6 Å². The van der Waals surface area contributed by atoms with Crippen LogP contribution in [0.15, 0.2) is 36.9 Å². The van der Waals surface area contributed by atoms with E-state index in [-0.39, 0.29) is 0 Å². The molecule has 0 bridgehead atoms. The molecule has 1 aliphatic rings. The minimum absolute atomic E-state index is 0.565. The van der Waals surface area contributed by atoms with Crippen LogP contribution in [0, 0.1) is 11.8 Å². The molecule has 0 radical (unpaired) electrons. The molecule has 1 saturated carbocycles. The Morgan fingerprint density at radius 2 is 2.05 bits per heavy atom. The summed E-state index contributed by atoms with van der Waals surface area (Å²) in [4.78, 5) is 0. The van der Waals surface area contributed by atoms with Crippen molar-refractivity contribution in [3.05, 3.63) is 42.5 Å². The maximum Gasteiger partial charge on any atom is 0.119 e. The van der Waals surface area contributed by atoms with Crippen molar-refractivity contribution in [3.8, 4) is 5.75 Å². The van der Waals surface area contributed by atoms with E-state index in [1.807, 2.05) is 12.1 Å². The number of rotatable bonds is 7. The van der Waals surface area contributed by atoms with Crippen molar-refractivity contribution in [2.75, 3.05) is 6.61 Å². The van der Waals surface area contributed by atoms with Crippen LogP contribution < -0.4 is 10.1 Å². The van der Waals surface area contributed by atoms with Crippen molar-refractivity contribution in [1.29, 1.82) is 0 Å². The molecule has 1 aromatic rings. The van der Waals surface area contributed by atoms with Gasteiger partial charge in [0.1, 0.15) is 12.4 Å². The molecular formula is C18H27NO. The number of hydrogen-bond acceptors (Lipinski definition) is 2. The minimum Gasteiger partial charge on any atom is -0.490 e. The van der Waals surface area contributed by atoms with Crippen LogP contribution in [0.25, 0.3) is 0 Å². The Balaban J connectivity index is 1.80.